The molecule has 0 aliphatic rings. The number of benzene rings is 1. The fraction of sp³-hybridized carbons (Fsp3) is 0.562. The van der Waals surface area contributed by atoms with Crippen LogP contribution in [0.2, 0.25) is 0 Å². The largest absolute Gasteiger partial charge is 0.394 e. The smallest absolute Gasteiger partial charge is 0.315 e. The Balaban J connectivity index is 2.49. The molecule has 0 heterocycles. The van der Waals surface area contributed by atoms with Crippen molar-refractivity contribution in [3.8, 4) is 0 Å². The zero-order valence-corrected chi connectivity index (χ0v) is 13.4. The minimum atomic E-state index is -0.562. The van der Waals surface area contributed by atoms with E-state index in [0.29, 0.717) is 6.54 Å². The van der Waals surface area contributed by atoms with Crippen LogP contribution in [0.5, 0.6) is 0 Å². The molecule has 1 atom stereocenters. The van der Waals surface area contributed by atoms with Crippen LogP contribution in [-0.2, 0) is 6.54 Å². The second kappa shape index (κ2) is 7.88. The Morgan fingerprint density at radius 3 is 2.38 bits per heavy atom. The molecule has 21 heavy (non-hydrogen) atoms. The number of nitrogens with zero attached hydrogens (tertiary/aromatic N) is 1. The van der Waals surface area contributed by atoms with E-state index in [2.05, 4.69) is 10.6 Å². The first-order valence-corrected chi connectivity index (χ1v) is 7.33. The number of rotatable bonds is 7. The van der Waals surface area contributed by atoms with E-state index in [9.17, 15) is 9.90 Å². The Kier molecular flexibility index (Phi) is 6.49. The molecular weight excluding hydrogens is 266 g/mol. The second-order valence-electron chi connectivity index (χ2n) is 5.84. The Bertz CT molecular complexity index is 445. The van der Waals surface area contributed by atoms with Crippen molar-refractivity contribution in [1.82, 2.24) is 10.6 Å². The molecule has 5 nitrogen and oxygen atoms in total. The molecule has 0 spiro atoms. The molecule has 5 heteroatoms. The van der Waals surface area contributed by atoms with Crippen LogP contribution in [0, 0.1) is 0 Å². The maximum absolute atomic E-state index is 11.9. The summed E-state index contributed by atoms with van der Waals surface area (Å²) in [5, 5.41) is 15.0. The van der Waals surface area contributed by atoms with Gasteiger partial charge in [0.2, 0.25) is 0 Å². The van der Waals surface area contributed by atoms with Crippen molar-refractivity contribution >= 4 is 11.7 Å². The van der Waals surface area contributed by atoms with Gasteiger partial charge in [-0.15, -0.1) is 0 Å². The summed E-state index contributed by atoms with van der Waals surface area (Å²) in [6.07, 6.45) is 1.65. The molecule has 0 bridgehead atoms. The van der Waals surface area contributed by atoms with E-state index in [-0.39, 0.29) is 12.6 Å². The van der Waals surface area contributed by atoms with E-state index < -0.39 is 5.54 Å². The Labute approximate surface area is 127 Å². The van der Waals surface area contributed by atoms with E-state index in [4.69, 9.17) is 0 Å². The molecule has 118 valence electrons. The summed E-state index contributed by atoms with van der Waals surface area (Å²) in [7, 11) is 3.98. The summed E-state index contributed by atoms with van der Waals surface area (Å²) in [4.78, 5) is 13.9. The highest BCUT2D eigenvalue weighted by molar-refractivity contribution is 5.74. The average molecular weight is 293 g/mol. The third-order valence-electron chi connectivity index (χ3n) is 3.47. The van der Waals surface area contributed by atoms with E-state index in [0.717, 1.165) is 24.1 Å². The Hall–Kier alpha value is -1.75. The molecule has 1 aromatic rings. The lowest BCUT2D eigenvalue weighted by Crippen LogP contribution is -2.52. The quantitative estimate of drug-likeness (QED) is 0.721. The molecule has 3 N–H and O–H groups in total. The molecule has 2 amide bonds. The second-order valence-corrected chi connectivity index (χ2v) is 5.84. The molecule has 0 radical (unpaired) electrons. The monoisotopic (exact) mass is 293 g/mol. The molecular formula is C16H27N3O2. The van der Waals surface area contributed by atoms with Crippen LogP contribution in [0.1, 0.15) is 32.3 Å². The average Bonchev–Trinajstić information content (AvgIpc) is 2.45. The number of aliphatic hydroxyl groups excluding tert-OH is 1. The standard InChI is InChI=1S/C16H27N3O2/c1-5-10-16(2,12-20)18-15(21)17-11-13-6-8-14(9-7-13)19(3)4/h6-9,20H,5,10-12H2,1-4H3,(H2,17,18,21). The van der Waals surface area contributed by atoms with E-state index in [1.807, 2.05) is 57.1 Å². The van der Waals surface area contributed by atoms with Gasteiger partial charge in [-0.05, 0) is 31.0 Å². The summed E-state index contributed by atoms with van der Waals surface area (Å²) in [6, 6.07) is 7.77. The lowest BCUT2D eigenvalue weighted by atomic mass is 9.98. The number of aliphatic hydroxyl groups is 1. The van der Waals surface area contributed by atoms with E-state index >= 15 is 0 Å². The topological polar surface area (TPSA) is 64.6 Å². The Morgan fingerprint density at radius 2 is 1.90 bits per heavy atom. The van der Waals surface area contributed by atoms with Crippen molar-refractivity contribution in [3.05, 3.63) is 29.8 Å². The van der Waals surface area contributed by atoms with Gasteiger partial charge in [0.25, 0.3) is 0 Å². The van der Waals surface area contributed by atoms with Crippen LogP contribution in [0.15, 0.2) is 24.3 Å². The van der Waals surface area contributed by atoms with Gasteiger partial charge < -0.3 is 20.6 Å². The number of hydrogen-bond donors (Lipinski definition) is 3. The van der Waals surface area contributed by atoms with Crippen LogP contribution in [0.25, 0.3) is 0 Å². The third kappa shape index (κ3) is 5.63. The first-order chi connectivity index (χ1) is 9.90. The van der Waals surface area contributed by atoms with Crippen LogP contribution in [0.3, 0.4) is 0 Å². The highest BCUT2D eigenvalue weighted by Crippen LogP contribution is 2.13. The highest BCUT2D eigenvalue weighted by atomic mass is 16.3. The number of amides is 2. The fourth-order valence-corrected chi connectivity index (χ4v) is 2.15. The van der Waals surface area contributed by atoms with Crippen LogP contribution in [0.4, 0.5) is 10.5 Å². The fourth-order valence-electron chi connectivity index (χ4n) is 2.15. The summed E-state index contributed by atoms with van der Waals surface area (Å²) in [5.41, 5.74) is 1.60. The van der Waals surface area contributed by atoms with Crippen LogP contribution >= 0.6 is 0 Å². The first kappa shape index (κ1) is 17.3. The summed E-state index contributed by atoms with van der Waals surface area (Å²) >= 11 is 0. The highest BCUT2D eigenvalue weighted by Gasteiger charge is 2.24. The van der Waals surface area contributed by atoms with Gasteiger partial charge in [0, 0.05) is 26.3 Å². The zero-order chi connectivity index (χ0) is 15.9. The molecule has 0 aliphatic heterocycles. The lowest BCUT2D eigenvalue weighted by molar-refractivity contribution is 0.163. The third-order valence-corrected chi connectivity index (χ3v) is 3.47. The maximum Gasteiger partial charge on any atom is 0.315 e. The van der Waals surface area contributed by atoms with Crippen molar-refractivity contribution in [3.63, 3.8) is 0 Å². The number of hydrogen-bond acceptors (Lipinski definition) is 3. The van der Waals surface area contributed by atoms with Crippen LogP contribution < -0.4 is 15.5 Å². The first-order valence-electron chi connectivity index (χ1n) is 7.33. The minimum Gasteiger partial charge on any atom is -0.394 e. The van der Waals surface area contributed by atoms with Crippen molar-refractivity contribution in [2.24, 2.45) is 0 Å². The van der Waals surface area contributed by atoms with Gasteiger partial charge in [0.05, 0.1) is 12.1 Å². The summed E-state index contributed by atoms with van der Waals surface area (Å²) in [6.45, 7) is 4.28. The molecule has 1 aromatic carbocycles. The van der Waals surface area contributed by atoms with Gasteiger partial charge in [-0.1, -0.05) is 25.5 Å². The molecule has 1 rings (SSSR count). The number of anilines is 1. The minimum absolute atomic E-state index is 0.0637. The lowest BCUT2D eigenvalue weighted by Gasteiger charge is -2.28. The van der Waals surface area contributed by atoms with Gasteiger partial charge >= 0.3 is 6.03 Å². The molecule has 0 aromatic heterocycles. The van der Waals surface area contributed by atoms with Gasteiger partial charge in [-0.3, -0.25) is 0 Å². The van der Waals surface area contributed by atoms with Gasteiger partial charge in [0.1, 0.15) is 0 Å². The van der Waals surface area contributed by atoms with Crippen molar-refractivity contribution in [2.75, 3.05) is 25.6 Å². The molecule has 0 saturated carbocycles. The molecule has 0 aliphatic carbocycles. The van der Waals surface area contributed by atoms with Gasteiger partial charge in [-0.25, -0.2) is 4.79 Å². The summed E-state index contributed by atoms with van der Waals surface area (Å²) in [5.74, 6) is 0. The number of nitrogens with one attached hydrogen (secondary N) is 2. The summed E-state index contributed by atoms with van der Waals surface area (Å²) < 4.78 is 0. The van der Waals surface area contributed by atoms with Gasteiger partial charge in [-0.2, -0.15) is 0 Å². The molecule has 1 unspecified atom stereocenters. The normalized spacial score (nSPS) is 13.4. The van der Waals surface area contributed by atoms with Crippen molar-refractivity contribution < 1.29 is 9.90 Å². The van der Waals surface area contributed by atoms with Crippen molar-refractivity contribution in [2.45, 2.75) is 38.8 Å². The molecule has 0 fully saturated rings. The predicted molar refractivity (Wildman–Crippen MR) is 86.5 cm³/mol. The number of carbonyl (C=O) groups is 1. The van der Waals surface area contributed by atoms with Crippen molar-refractivity contribution in [1.29, 1.82) is 0 Å². The number of urea groups is 1. The van der Waals surface area contributed by atoms with E-state index in [1.165, 1.54) is 0 Å². The van der Waals surface area contributed by atoms with Gasteiger partial charge in [0.15, 0.2) is 0 Å². The van der Waals surface area contributed by atoms with E-state index in [1.54, 1.807) is 0 Å². The maximum atomic E-state index is 11.9. The molecule has 0 saturated heterocycles. The predicted octanol–water partition coefficient (Wildman–Crippen LogP) is 2.10. The van der Waals surface area contributed by atoms with Crippen LogP contribution in [-0.4, -0.2) is 37.4 Å². The number of carbonyl (C=O) groups excluding carboxylic acids is 1. The SMILES string of the molecule is CCCC(C)(CO)NC(=O)NCc1ccc(N(C)C)cc1. The zero-order valence-electron chi connectivity index (χ0n) is 13.4. The Morgan fingerprint density at radius 1 is 1.29 bits per heavy atom.